The minimum atomic E-state index is -4.39. The predicted molar refractivity (Wildman–Crippen MR) is 68.4 cm³/mol. The van der Waals surface area contributed by atoms with Gasteiger partial charge in [0.05, 0.1) is 5.56 Å². The average Bonchev–Trinajstić information content (AvgIpc) is 2.26. The highest BCUT2D eigenvalue weighted by Crippen LogP contribution is 2.31. The van der Waals surface area contributed by atoms with Crippen molar-refractivity contribution in [1.82, 2.24) is 4.98 Å². The SMILES string of the molecule is Nc1cc(Cl)nc(Nc2cccc(C(F)(F)F)c2)c1. The lowest BCUT2D eigenvalue weighted by atomic mass is 10.2. The van der Waals surface area contributed by atoms with Gasteiger partial charge in [0.2, 0.25) is 0 Å². The maximum Gasteiger partial charge on any atom is 0.416 e. The van der Waals surface area contributed by atoms with E-state index in [1.54, 1.807) is 0 Å². The monoisotopic (exact) mass is 287 g/mol. The smallest absolute Gasteiger partial charge is 0.399 e. The van der Waals surface area contributed by atoms with E-state index in [1.807, 2.05) is 0 Å². The normalized spacial score (nSPS) is 11.4. The van der Waals surface area contributed by atoms with Gasteiger partial charge in [0.15, 0.2) is 0 Å². The van der Waals surface area contributed by atoms with Gasteiger partial charge >= 0.3 is 6.18 Å². The Bertz CT molecular complexity index is 579. The molecular weight excluding hydrogens is 279 g/mol. The molecule has 2 rings (SSSR count). The van der Waals surface area contributed by atoms with Crippen molar-refractivity contribution in [1.29, 1.82) is 0 Å². The van der Waals surface area contributed by atoms with E-state index in [9.17, 15) is 13.2 Å². The Kier molecular flexibility index (Phi) is 3.53. The Hall–Kier alpha value is -1.95. The second-order valence-corrected chi connectivity index (χ2v) is 4.20. The molecule has 0 amide bonds. The Morgan fingerprint density at radius 1 is 1.16 bits per heavy atom. The molecule has 0 spiro atoms. The molecule has 1 aromatic heterocycles. The molecule has 1 aromatic carbocycles. The van der Waals surface area contributed by atoms with Crippen LogP contribution >= 0.6 is 11.6 Å². The summed E-state index contributed by atoms with van der Waals surface area (Å²) in [6.07, 6.45) is -4.39. The predicted octanol–water partition coefficient (Wildman–Crippen LogP) is 4.08. The maximum absolute atomic E-state index is 12.6. The lowest BCUT2D eigenvalue weighted by molar-refractivity contribution is -0.137. The second kappa shape index (κ2) is 4.97. The number of rotatable bonds is 2. The highest BCUT2D eigenvalue weighted by molar-refractivity contribution is 6.29. The molecule has 0 aliphatic carbocycles. The summed E-state index contributed by atoms with van der Waals surface area (Å²) in [4.78, 5) is 3.91. The van der Waals surface area contributed by atoms with Crippen molar-refractivity contribution in [2.75, 3.05) is 11.1 Å². The van der Waals surface area contributed by atoms with E-state index in [2.05, 4.69) is 10.3 Å². The molecule has 0 radical (unpaired) electrons. The van der Waals surface area contributed by atoms with Gasteiger partial charge in [0, 0.05) is 17.4 Å². The Morgan fingerprint density at radius 2 is 1.89 bits per heavy atom. The molecule has 0 atom stereocenters. The summed E-state index contributed by atoms with van der Waals surface area (Å²) < 4.78 is 37.7. The largest absolute Gasteiger partial charge is 0.416 e. The zero-order valence-corrected chi connectivity index (χ0v) is 10.3. The molecule has 0 bridgehead atoms. The number of nitrogen functional groups attached to an aromatic ring is 1. The number of nitrogens with zero attached hydrogens (tertiary/aromatic N) is 1. The first-order chi connectivity index (χ1) is 8.84. The van der Waals surface area contributed by atoms with E-state index in [-0.39, 0.29) is 16.7 Å². The van der Waals surface area contributed by atoms with Crippen molar-refractivity contribution in [2.24, 2.45) is 0 Å². The summed E-state index contributed by atoms with van der Waals surface area (Å²) in [5.74, 6) is 0.282. The first-order valence-corrected chi connectivity index (χ1v) is 5.60. The summed E-state index contributed by atoms with van der Waals surface area (Å²) in [6.45, 7) is 0. The van der Waals surface area contributed by atoms with Gasteiger partial charge in [0.1, 0.15) is 11.0 Å². The third-order valence-corrected chi connectivity index (χ3v) is 2.47. The number of hydrogen-bond donors (Lipinski definition) is 2. The standard InChI is InChI=1S/C12H9ClF3N3/c13-10-5-8(17)6-11(19-10)18-9-3-1-2-7(4-9)12(14,15)16/h1-6H,(H3,17,18,19). The lowest BCUT2D eigenvalue weighted by Crippen LogP contribution is -2.05. The zero-order valence-electron chi connectivity index (χ0n) is 9.50. The number of anilines is 3. The first-order valence-electron chi connectivity index (χ1n) is 5.22. The van der Waals surface area contributed by atoms with E-state index >= 15 is 0 Å². The van der Waals surface area contributed by atoms with Crippen molar-refractivity contribution in [3.05, 3.63) is 47.1 Å². The van der Waals surface area contributed by atoms with Crippen LogP contribution in [0.1, 0.15) is 5.56 Å². The van der Waals surface area contributed by atoms with Crippen molar-refractivity contribution < 1.29 is 13.2 Å². The summed E-state index contributed by atoms with van der Waals surface area (Å²) in [5, 5.41) is 2.88. The molecular formula is C12H9ClF3N3. The molecule has 7 heteroatoms. The van der Waals surface area contributed by atoms with Crippen LogP contribution < -0.4 is 11.1 Å². The molecule has 1 heterocycles. The number of aromatic nitrogens is 1. The molecule has 0 aliphatic heterocycles. The highest BCUT2D eigenvalue weighted by atomic mass is 35.5. The van der Waals surface area contributed by atoms with Crippen LogP contribution in [0, 0.1) is 0 Å². The topological polar surface area (TPSA) is 50.9 Å². The van der Waals surface area contributed by atoms with Gasteiger partial charge in [-0.2, -0.15) is 13.2 Å². The average molecular weight is 288 g/mol. The van der Waals surface area contributed by atoms with Crippen molar-refractivity contribution in [3.63, 3.8) is 0 Å². The summed E-state index contributed by atoms with van der Waals surface area (Å²) >= 11 is 5.71. The van der Waals surface area contributed by atoms with E-state index in [4.69, 9.17) is 17.3 Å². The quantitative estimate of drug-likeness (QED) is 0.818. The fourth-order valence-corrected chi connectivity index (χ4v) is 1.72. The highest BCUT2D eigenvalue weighted by Gasteiger charge is 2.30. The minimum Gasteiger partial charge on any atom is -0.399 e. The number of nitrogens with two attached hydrogens (primary N) is 1. The van der Waals surface area contributed by atoms with Gasteiger partial charge in [0.25, 0.3) is 0 Å². The Labute approximate surface area is 112 Å². The van der Waals surface area contributed by atoms with Crippen LogP contribution in [0.5, 0.6) is 0 Å². The van der Waals surface area contributed by atoms with E-state index in [0.29, 0.717) is 5.69 Å². The van der Waals surface area contributed by atoms with Crippen molar-refractivity contribution in [2.45, 2.75) is 6.18 Å². The second-order valence-electron chi connectivity index (χ2n) is 3.81. The first kappa shape index (κ1) is 13.5. The fourth-order valence-electron chi connectivity index (χ4n) is 1.50. The number of pyridine rings is 1. The van der Waals surface area contributed by atoms with Crippen LogP contribution in [-0.4, -0.2) is 4.98 Å². The van der Waals surface area contributed by atoms with Crippen LogP contribution in [0.25, 0.3) is 0 Å². The lowest BCUT2D eigenvalue weighted by Gasteiger charge is -2.10. The van der Waals surface area contributed by atoms with Crippen LogP contribution in [0.3, 0.4) is 0 Å². The molecule has 0 aliphatic rings. The molecule has 100 valence electrons. The van der Waals surface area contributed by atoms with E-state index < -0.39 is 11.7 Å². The molecule has 0 unspecified atom stereocenters. The maximum atomic E-state index is 12.6. The van der Waals surface area contributed by atoms with Crippen LogP contribution in [0.2, 0.25) is 5.15 Å². The third kappa shape index (κ3) is 3.51. The number of benzene rings is 1. The molecule has 3 nitrogen and oxygen atoms in total. The van der Waals surface area contributed by atoms with Gasteiger partial charge in [-0.05, 0) is 24.3 Å². The summed E-state index contributed by atoms with van der Waals surface area (Å²) in [7, 11) is 0. The molecule has 0 saturated carbocycles. The molecule has 0 saturated heterocycles. The van der Waals surface area contributed by atoms with Crippen molar-refractivity contribution in [3.8, 4) is 0 Å². The zero-order chi connectivity index (χ0) is 14.0. The van der Waals surface area contributed by atoms with Crippen molar-refractivity contribution >= 4 is 28.8 Å². The van der Waals surface area contributed by atoms with E-state index in [1.165, 1.54) is 24.3 Å². The van der Waals surface area contributed by atoms with Crippen LogP contribution in [0.15, 0.2) is 36.4 Å². The van der Waals surface area contributed by atoms with Crippen LogP contribution in [-0.2, 0) is 6.18 Å². The summed E-state index contributed by atoms with van der Waals surface area (Å²) in [5.41, 5.74) is 5.45. The molecule has 19 heavy (non-hydrogen) atoms. The third-order valence-electron chi connectivity index (χ3n) is 2.28. The number of alkyl halides is 3. The summed E-state index contributed by atoms with van der Waals surface area (Å²) in [6, 6.07) is 7.70. The fraction of sp³-hybridized carbons (Fsp3) is 0.0833. The van der Waals surface area contributed by atoms with Crippen LogP contribution in [0.4, 0.5) is 30.4 Å². The van der Waals surface area contributed by atoms with Gasteiger partial charge in [-0.25, -0.2) is 4.98 Å². The number of hydrogen-bond acceptors (Lipinski definition) is 3. The van der Waals surface area contributed by atoms with Gasteiger partial charge in [-0.3, -0.25) is 0 Å². The Morgan fingerprint density at radius 3 is 2.53 bits per heavy atom. The molecule has 3 N–H and O–H groups in total. The number of nitrogens with one attached hydrogen (secondary N) is 1. The van der Waals surface area contributed by atoms with Gasteiger partial charge in [-0.1, -0.05) is 17.7 Å². The molecule has 2 aromatic rings. The Balaban J connectivity index is 2.28. The molecule has 0 fully saturated rings. The number of halogens is 4. The van der Waals surface area contributed by atoms with Gasteiger partial charge < -0.3 is 11.1 Å². The minimum absolute atomic E-state index is 0.162. The van der Waals surface area contributed by atoms with E-state index in [0.717, 1.165) is 12.1 Å². The van der Waals surface area contributed by atoms with Gasteiger partial charge in [-0.15, -0.1) is 0 Å².